The predicted molar refractivity (Wildman–Crippen MR) is 130 cm³/mol. The Hall–Kier alpha value is -4.46. The summed E-state index contributed by atoms with van der Waals surface area (Å²) in [6.07, 6.45) is 3.53. The molecule has 168 valence electrons. The van der Waals surface area contributed by atoms with E-state index in [2.05, 4.69) is 9.55 Å². The van der Waals surface area contributed by atoms with Gasteiger partial charge in [-0.25, -0.2) is 19.2 Å². The van der Waals surface area contributed by atoms with Gasteiger partial charge in [-0.05, 0) is 53.6 Å². The Balaban J connectivity index is 1.63. The quantitative estimate of drug-likeness (QED) is 0.399. The molecule has 0 bridgehead atoms. The lowest BCUT2D eigenvalue weighted by atomic mass is 10.1. The van der Waals surface area contributed by atoms with Crippen molar-refractivity contribution in [3.05, 3.63) is 89.5 Å². The average Bonchev–Trinajstić information content (AvgIpc) is 3.50. The molecule has 0 saturated heterocycles. The summed E-state index contributed by atoms with van der Waals surface area (Å²) in [5.74, 6) is 0.477. The molecule has 0 aliphatic heterocycles. The molecule has 0 aliphatic carbocycles. The maximum Gasteiger partial charge on any atom is 0.328 e. The molecule has 6 rings (SSSR count). The van der Waals surface area contributed by atoms with Gasteiger partial charge in [-0.2, -0.15) is 0 Å². The minimum absolute atomic E-state index is 0.0709. The molecule has 0 amide bonds. The second-order valence-electron chi connectivity index (χ2n) is 8.44. The second kappa shape index (κ2) is 7.28. The summed E-state index contributed by atoms with van der Waals surface area (Å²) in [5, 5.41) is 0. The molecule has 34 heavy (non-hydrogen) atoms. The molecule has 6 aromatic rings. The minimum Gasteiger partial charge on any atom is -0.331 e. The number of aromatic nitrogens is 6. The fraction of sp³-hybridized carbons (Fsp3) is 0.115. The van der Waals surface area contributed by atoms with Crippen molar-refractivity contribution in [1.29, 1.82) is 0 Å². The molecule has 0 radical (unpaired) electrons. The Morgan fingerprint density at radius 3 is 2.24 bits per heavy atom. The van der Waals surface area contributed by atoms with E-state index < -0.39 is 0 Å². The first-order valence-electron chi connectivity index (χ1n) is 10.8. The van der Waals surface area contributed by atoms with Crippen molar-refractivity contribution in [1.82, 2.24) is 28.2 Å². The number of halogens is 1. The van der Waals surface area contributed by atoms with Gasteiger partial charge in [0, 0.05) is 26.8 Å². The highest BCUT2D eigenvalue weighted by Gasteiger charge is 2.19. The van der Waals surface area contributed by atoms with Crippen LogP contribution >= 0.6 is 0 Å². The maximum atomic E-state index is 13.4. The number of benzene rings is 3. The number of fused-ring (bicyclic) bond motifs is 2. The van der Waals surface area contributed by atoms with Crippen LogP contribution in [0.1, 0.15) is 0 Å². The molecule has 0 saturated carbocycles. The predicted octanol–water partition coefficient (Wildman–Crippen LogP) is 4.42. The fourth-order valence-corrected chi connectivity index (χ4v) is 4.54. The summed E-state index contributed by atoms with van der Waals surface area (Å²) in [4.78, 5) is 21.7. The zero-order valence-electron chi connectivity index (χ0n) is 18.9. The second-order valence-corrected chi connectivity index (χ2v) is 8.44. The van der Waals surface area contributed by atoms with Crippen LogP contribution in [0.25, 0.3) is 50.4 Å². The molecule has 0 fully saturated rings. The van der Waals surface area contributed by atoms with Gasteiger partial charge in [0.05, 0.1) is 34.6 Å². The summed E-state index contributed by atoms with van der Waals surface area (Å²) in [7, 11) is 5.48. The SMILES string of the molecule is Cn1cncc1-c1nc2cc(-c3ccc(F)cc3)ccc2n1-c1ccc2c(c1)n(C)c(=O)n2C. The van der Waals surface area contributed by atoms with Gasteiger partial charge in [-0.1, -0.05) is 18.2 Å². The largest absolute Gasteiger partial charge is 0.331 e. The Morgan fingerprint density at radius 1 is 0.794 bits per heavy atom. The van der Waals surface area contributed by atoms with Gasteiger partial charge >= 0.3 is 5.69 Å². The number of rotatable bonds is 3. The Kier molecular flexibility index (Phi) is 4.32. The van der Waals surface area contributed by atoms with Gasteiger partial charge < -0.3 is 4.57 Å². The van der Waals surface area contributed by atoms with Crippen LogP contribution in [-0.4, -0.2) is 28.2 Å². The Bertz CT molecular complexity index is 1770. The molecule has 0 unspecified atom stereocenters. The molecular formula is C26H21FN6O. The van der Waals surface area contributed by atoms with Crippen LogP contribution in [0.2, 0.25) is 0 Å². The molecule has 0 N–H and O–H groups in total. The van der Waals surface area contributed by atoms with E-state index in [1.807, 2.05) is 48.0 Å². The number of nitrogens with zero attached hydrogens (tertiary/aromatic N) is 6. The molecule has 0 atom stereocenters. The molecule has 0 spiro atoms. The number of hydrogen-bond donors (Lipinski definition) is 0. The van der Waals surface area contributed by atoms with E-state index >= 15 is 0 Å². The van der Waals surface area contributed by atoms with Crippen molar-refractivity contribution in [3.8, 4) is 28.3 Å². The van der Waals surface area contributed by atoms with Gasteiger partial charge in [0.25, 0.3) is 0 Å². The minimum atomic E-state index is -0.265. The highest BCUT2D eigenvalue weighted by Crippen LogP contribution is 2.32. The van der Waals surface area contributed by atoms with E-state index in [9.17, 15) is 9.18 Å². The van der Waals surface area contributed by atoms with Crippen LogP contribution in [0.4, 0.5) is 4.39 Å². The van der Waals surface area contributed by atoms with Crippen LogP contribution in [0.15, 0.2) is 78.0 Å². The smallest absolute Gasteiger partial charge is 0.328 e. The van der Waals surface area contributed by atoms with Crippen molar-refractivity contribution in [2.24, 2.45) is 21.1 Å². The van der Waals surface area contributed by atoms with Crippen LogP contribution in [0, 0.1) is 5.82 Å². The van der Waals surface area contributed by atoms with Crippen molar-refractivity contribution >= 4 is 22.1 Å². The first-order valence-corrected chi connectivity index (χ1v) is 10.8. The van der Waals surface area contributed by atoms with Crippen LogP contribution in [0.3, 0.4) is 0 Å². The normalized spacial score (nSPS) is 11.6. The lowest BCUT2D eigenvalue weighted by molar-refractivity contribution is 0.628. The van der Waals surface area contributed by atoms with E-state index in [0.717, 1.165) is 50.4 Å². The van der Waals surface area contributed by atoms with Gasteiger partial charge in [-0.3, -0.25) is 13.7 Å². The number of hydrogen-bond acceptors (Lipinski definition) is 3. The van der Waals surface area contributed by atoms with Crippen molar-refractivity contribution in [3.63, 3.8) is 0 Å². The Labute approximate surface area is 194 Å². The van der Waals surface area contributed by atoms with E-state index in [1.54, 1.807) is 47.9 Å². The van der Waals surface area contributed by atoms with Crippen LogP contribution < -0.4 is 5.69 Å². The highest BCUT2D eigenvalue weighted by molar-refractivity contribution is 5.88. The monoisotopic (exact) mass is 452 g/mol. The first-order chi connectivity index (χ1) is 16.4. The Morgan fingerprint density at radius 2 is 1.50 bits per heavy atom. The third kappa shape index (κ3) is 2.92. The van der Waals surface area contributed by atoms with Crippen molar-refractivity contribution in [2.45, 2.75) is 0 Å². The topological polar surface area (TPSA) is 62.6 Å². The van der Waals surface area contributed by atoms with E-state index in [1.165, 1.54) is 12.1 Å². The lowest BCUT2D eigenvalue weighted by Crippen LogP contribution is -2.19. The summed E-state index contributed by atoms with van der Waals surface area (Å²) in [6, 6.07) is 18.4. The van der Waals surface area contributed by atoms with Crippen molar-refractivity contribution in [2.75, 3.05) is 0 Å². The van der Waals surface area contributed by atoms with Crippen LogP contribution in [0.5, 0.6) is 0 Å². The highest BCUT2D eigenvalue weighted by atomic mass is 19.1. The molecule has 3 heterocycles. The van der Waals surface area contributed by atoms with E-state index in [-0.39, 0.29) is 11.5 Å². The van der Waals surface area contributed by atoms with Crippen molar-refractivity contribution < 1.29 is 4.39 Å². The summed E-state index contributed by atoms with van der Waals surface area (Å²) in [6.45, 7) is 0. The third-order valence-corrected chi connectivity index (χ3v) is 6.39. The van der Waals surface area contributed by atoms with Gasteiger partial charge in [0.2, 0.25) is 0 Å². The summed E-state index contributed by atoms with van der Waals surface area (Å²) >= 11 is 0. The maximum absolute atomic E-state index is 13.4. The van der Waals surface area contributed by atoms with Gasteiger partial charge in [-0.15, -0.1) is 0 Å². The molecule has 0 aliphatic rings. The zero-order valence-corrected chi connectivity index (χ0v) is 18.9. The summed E-state index contributed by atoms with van der Waals surface area (Å²) < 4.78 is 20.7. The molecular weight excluding hydrogens is 431 g/mol. The van der Waals surface area contributed by atoms with E-state index in [4.69, 9.17) is 4.98 Å². The van der Waals surface area contributed by atoms with E-state index in [0.29, 0.717) is 0 Å². The number of aryl methyl sites for hydroxylation is 3. The molecule has 3 aromatic carbocycles. The molecule has 7 nitrogen and oxygen atoms in total. The average molecular weight is 452 g/mol. The third-order valence-electron chi connectivity index (χ3n) is 6.39. The lowest BCUT2D eigenvalue weighted by Gasteiger charge is -2.11. The zero-order chi connectivity index (χ0) is 23.6. The van der Waals surface area contributed by atoms with Gasteiger partial charge in [0.1, 0.15) is 11.5 Å². The summed E-state index contributed by atoms with van der Waals surface area (Å²) in [5.41, 5.74) is 6.98. The molecule has 3 aromatic heterocycles. The van der Waals surface area contributed by atoms with Gasteiger partial charge in [0.15, 0.2) is 5.82 Å². The fourth-order valence-electron chi connectivity index (χ4n) is 4.54. The first kappa shape index (κ1) is 20.2. The van der Waals surface area contributed by atoms with Crippen LogP contribution in [-0.2, 0) is 21.1 Å². The standard InChI is InChI=1S/C26H21FN6O/c1-30-15-28-14-24(30)25-29-20-12-17(16-4-7-18(27)8-5-16)6-10-21(20)33(25)19-9-11-22-23(13-19)32(3)26(34)31(22)2/h4-15H,1-3H3. The number of imidazole rings is 3. The molecule has 8 heteroatoms.